The van der Waals surface area contributed by atoms with E-state index in [-0.39, 0.29) is 6.61 Å². The Labute approximate surface area is 194 Å². The Balaban J connectivity index is 2.43. The lowest BCUT2D eigenvalue weighted by atomic mass is 9.98. The number of thiocarbonyl (C=S) groups is 1. The van der Waals surface area contributed by atoms with E-state index < -0.39 is 54.6 Å². The van der Waals surface area contributed by atoms with Crippen molar-refractivity contribution in [1.29, 1.82) is 0 Å². The second kappa shape index (κ2) is 12.0. The van der Waals surface area contributed by atoms with Gasteiger partial charge in [0.15, 0.2) is 12.2 Å². The van der Waals surface area contributed by atoms with Gasteiger partial charge in [0.2, 0.25) is 12.4 Å². The van der Waals surface area contributed by atoms with E-state index in [4.69, 9.17) is 28.4 Å². The summed E-state index contributed by atoms with van der Waals surface area (Å²) >= 11 is 4.57. The first-order valence-corrected chi connectivity index (χ1v) is 10.2. The van der Waals surface area contributed by atoms with E-state index in [1.54, 1.807) is 24.3 Å². The predicted molar refractivity (Wildman–Crippen MR) is 114 cm³/mol. The van der Waals surface area contributed by atoms with Crippen LogP contribution >= 0.6 is 12.2 Å². The van der Waals surface area contributed by atoms with Gasteiger partial charge in [-0.1, -0.05) is 0 Å². The number of aliphatic imine (C=N–C) groups is 1. The molecule has 0 spiro atoms. The number of carbonyl (C=O) groups excluding carboxylic acids is 4. The summed E-state index contributed by atoms with van der Waals surface area (Å²) in [7, 11) is 0. The maximum Gasteiger partial charge on any atom is 0.303 e. The van der Waals surface area contributed by atoms with Crippen LogP contribution in [0.5, 0.6) is 5.75 Å². The van der Waals surface area contributed by atoms with E-state index in [0.717, 1.165) is 20.8 Å². The van der Waals surface area contributed by atoms with Crippen LogP contribution in [-0.2, 0) is 42.9 Å². The van der Waals surface area contributed by atoms with E-state index in [9.17, 15) is 19.2 Å². The fourth-order valence-corrected chi connectivity index (χ4v) is 3.18. The first-order chi connectivity index (χ1) is 15.6. The molecule has 1 heterocycles. The number of nitrogens with zero attached hydrogens (tertiary/aromatic N) is 1. The largest absolute Gasteiger partial charge is 0.463 e. The van der Waals surface area contributed by atoms with Crippen LogP contribution in [0.3, 0.4) is 0 Å². The lowest BCUT2D eigenvalue weighted by molar-refractivity contribution is -0.288. The quantitative estimate of drug-likeness (QED) is 0.233. The molecule has 1 fully saturated rings. The van der Waals surface area contributed by atoms with Crippen LogP contribution in [-0.4, -0.2) is 66.4 Å². The number of isothiocyanates is 1. The minimum absolute atomic E-state index is 0.291. The molecule has 1 aliphatic rings. The summed E-state index contributed by atoms with van der Waals surface area (Å²) in [4.78, 5) is 50.5. The Morgan fingerprint density at radius 1 is 0.879 bits per heavy atom. The highest BCUT2D eigenvalue weighted by atomic mass is 32.1. The molecular weight excluding hydrogens is 458 g/mol. The Kier molecular flexibility index (Phi) is 9.46. The van der Waals surface area contributed by atoms with Crippen LogP contribution < -0.4 is 4.74 Å². The van der Waals surface area contributed by atoms with Crippen molar-refractivity contribution < 1.29 is 47.6 Å². The molecule has 0 radical (unpaired) electrons. The molecule has 0 amide bonds. The van der Waals surface area contributed by atoms with E-state index in [2.05, 4.69) is 22.4 Å². The van der Waals surface area contributed by atoms with Crippen LogP contribution in [0.25, 0.3) is 0 Å². The zero-order valence-electron chi connectivity index (χ0n) is 18.3. The minimum atomic E-state index is -1.32. The van der Waals surface area contributed by atoms with Gasteiger partial charge >= 0.3 is 23.9 Å². The summed E-state index contributed by atoms with van der Waals surface area (Å²) in [6, 6.07) is 6.30. The molecule has 0 saturated carbocycles. The van der Waals surface area contributed by atoms with Gasteiger partial charge in [0.1, 0.15) is 18.5 Å². The molecule has 1 aromatic carbocycles. The van der Waals surface area contributed by atoms with Gasteiger partial charge in [0.25, 0.3) is 0 Å². The number of carbonyl (C=O) groups is 4. The molecule has 12 heteroatoms. The van der Waals surface area contributed by atoms with Gasteiger partial charge < -0.3 is 28.4 Å². The Hall–Kier alpha value is -3.34. The average Bonchev–Trinajstić information content (AvgIpc) is 2.71. The van der Waals surface area contributed by atoms with E-state index in [1.807, 2.05) is 0 Å². The lowest BCUT2D eigenvalue weighted by Gasteiger charge is -2.43. The molecule has 33 heavy (non-hydrogen) atoms. The monoisotopic (exact) mass is 481 g/mol. The first-order valence-electron chi connectivity index (χ1n) is 9.75. The molecule has 1 aromatic rings. The zero-order chi connectivity index (χ0) is 24.5. The zero-order valence-corrected chi connectivity index (χ0v) is 19.2. The molecular formula is C21H23NO10S. The van der Waals surface area contributed by atoms with Crippen LogP contribution in [0.4, 0.5) is 5.69 Å². The second-order valence-corrected chi connectivity index (χ2v) is 7.07. The van der Waals surface area contributed by atoms with Crippen molar-refractivity contribution in [2.75, 3.05) is 6.61 Å². The number of hydrogen-bond acceptors (Lipinski definition) is 12. The topological polar surface area (TPSA) is 136 Å². The van der Waals surface area contributed by atoms with Crippen molar-refractivity contribution >= 4 is 46.9 Å². The summed E-state index contributed by atoms with van der Waals surface area (Å²) in [6.07, 6.45) is -6.30. The second-order valence-electron chi connectivity index (χ2n) is 6.88. The molecule has 1 aliphatic heterocycles. The maximum atomic E-state index is 11.8. The molecule has 1 saturated heterocycles. The summed E-state index contributed by atoms with van der Waals surface area (Å²) in [6.45, 7) is 4.26. The third-order valence-corrected chi connectivity index (χ3v) is 4.30. The molecule has 0 aliphatic carbocycles. The van der Waals surface area contributed by atoms with Crippen molar-refractivity contribution in [3.8, 4) is 5.75 Å². The Morgan fingerprint density at radius 3 is 1.94 bits per heavy atom. The van der Waals surface area contributed by atoms with E-state index >= 15 is 0 Å². The lowest BCUT2D eigenvalue weighted by Crippen LogP contribution is -2.63. The summed E-state index contributed by atoms with van der Waals surface area (Å²) in [5, 5.41) is 2.24. The van der Waals surface area contributed by atoms with Crippen LogP contribution in [0, 0.1) is 0 Å². The molecule has 0 aromatic heterocycles. The van der Waals surface area contributed by atoms with Crippen LogP contribution in [0.1, 0.15) is 27.7 Å². The Bertz CT molecular complexity index is 927. The third-order valence-electron chi connectivity index (χ3n) is 4.21. The molecule has 0 N–H and O–H groups in total. The fraction of sp³-hybridized carbons (Fsp3) is 0.476. The molecule has 2 rings (SSSR count). The summed E-state index contributed by atoms with van der Waals surface area (Å²) < 4.78 is 32.7. The van der Waals surface area contributed by atoms with Crippen molar-refractivity contribution in [3.05, 3.63) is 24.3 Å². The Morgan fingerprint density at radius 2 is 1.42 bits per heavy atom. The van der Waals surface area contributed by atoms with Crippen LogP contribution in [0.2, 0.25) is 0 Å². The number of hydrogen-bond donors (Lipinski definition) is 0. The third kappa shape index (κ3) is 7.94. The maximum absolute atomic E-state index is 11.8. The molecule has 11 nitrogen and oxygen atoms in total. The smallest absolute Gasteiger partial charge is 0.303 e. The minimum Gasteiger partial charge on any atom is -0.463 e. The van der Waals surface area contributed by atoms with E-state index in [1.165, 1.54) is 6.92 Å². The van der Waals surface area contributed by atoms with Gasteiger partial charge in [0, 0.05) is 27.7 Å². The SMILES string of the molecule is CC(=O)OCC1O[C@H](Oc2ccc(N=C=S)cc2)C(OC(C)=O)C(OC(C)=O)[C@@H]1OC(C)=O. The van der Waals surface area contributed by atoms with Gasteiger partial charge in [-0.05, 0) is 36.5 Å². The van der Waals surface area contributed by atoms with E-state index in [0.29, 0.717) is 11.4 Å². The predicted octanol–water partition coefficient (Wildman–Crippen LogP) is 1.88. The normalized spacial score (nSPS) is 23.9. The standard InChI is InChI=1S/C21H23NO10S/c1-11(23)27-9-17-18(28-12(2)24)19(29-13(3)25)20(30-14(4)26)21(32-17)31-16-7-5-15(6-8-16)22-10-33/h5-8,17-21H,9H2,1-4H3/t17?,18-,19?,20?,21+/m1/s1. The molecule has 0 bridgehead atoms. The fourth-order valence-electron chi connectivity index (χ4n) is 3.07. The molecule has 178 valence electrons. The van der Waals surface area contributed by atoms with Crippen LogP contribution in [0.15, 0.2) is 29.3 Å². The van der Waals surface area contributed by atoms with Crippen molar-refractivity contribution in [1.82, 2.24) is 0 Å². The van der Waals surface area contributed by atoms with Crippen molar-refractivity contribution in [3.63, 3.8) is 0 Å². The van der Waals surface area contributed by atoms with Gasteiger partial charge in [-0.2, -0.15) is 4.99 Å². The number of ether oxygens (including phenoxy) is 6. The number of esters is 4. The highest BCUT2D eigenvalue weighted by Crippen LogP contribution is 2.31. The van der Waals surface area contributed by atoms with Crippen molar-refractivity contribution in [2.45, 2.75) is 58.4 Å². The van der Waals surface area contributed by atoms with Gasteiger partial charge in [-0.3, -0.25) is 19.2 Å². The first kappa shape index (κ1) is 25.9. The molecule has 5 atom stereocenters. The number of rotatable bonds is 8. The summed E-state index contributed by atoms with van der Waals surface area (Å²) in [5.74, 6) is -2.49. The highest BCUT2D eigenvalue weighted by molar-refractivity contribution is 7.78. The summed E-state index contributed by atoms with van der Waals surface area (Å²) in [5.41, 5.74) is 0.527. The van der Waals surface area contributed by atoms with Gasteiger partial charge in [-0.25, -0.2) is 0 Å². The van der Waals surface area contributed by atoms with Crippen molar-refractivity contribution in [2.24, 2.45) is 4.99 Å². The molecule has 3 unspecified atom stereocenters. The highest BCUT2D eigenvalue weighted by Gasteiger charge is 2.53. The average molecular weight is 481 g/mol. The van der Waals surface area contributed by atoms with Gasteiger partial charge in [0.05, 0.1) is 10.8 Å². The number of benzene rings is 1. The van der Waals surface area contributed by atoms with Gasteiger partial charge in [-0.15, -0.1) is 0 Å².